The number of carbonyl (C=O) groups excluding carboxylic acids is 1. The van der Waals surface area contributed by atoms with Crippen molar-refractivity contribution in [1.82, 2.24) is 0 Å². The normalized spacial score (nSPS) is 8.72. The molecule has 0 amide bonds. The summed E-state index contributed by atoms with van der Waals surface area (Å²) in [5, 5.41) is 0. The van der Waals surface area contributed by atoms with Crippen molar-refractivity contribution in [2.45, 2.75) is 13.8 Å². The summed E-state index contributed by atoms with van der Waals surface area (Å²) in [7, 11) is 0. The third-order valence-corrected chi connectivity index (χ3v) is 2.43. The van der Waals surface area contributed by atoms with Crippen LogP contribution < -0.4 is 0 Å². The van der Waals surface area contributed by atoms with Crippen LogP contribution in [-0.2, 0) is 0 Å². The van der Waals surface area contributed by atoms with Crippen LogP contribution in [0.1, 0.15) is 27.0 Å². The number of aldehydes is 1. The van der Waals surface area contributed by atoms with Crippen molar-refractivity contribution in [2.24, 2.45) is 0 Å². The summed E-state index contributed by atoms with van der Waals surface area (Å²) < 4.78 is 0. The Kier molecular flexibility index (Phi) is 5.41. The van der Waals surface area contributed by atoms with Crippen molar-refractivity contribution in [3.63, 3.8) is 0 Å². The van der Waals surface area contributed by atoms with E-state index in [9.17, 15) is 4.79 Å². The number of hydrogen-bond acceptors (Lipinski definition) is 1. The van der Waals surface area contributed by atoms with Crippen LogP contribution >= 0.6 is 0 Å². The van der Waals surface area contributed by atoms with Gasteiger partial charge < -0.3 is 0 Å². The summed E-state index contributed by atoms with van der Waals surface area (Å²) in [6.07, 6.45) is 6.00. The third kappa shape index (κ3) is 4.67. The minimum Gasteiger partial charge on any atom is -0.298 e. The molecule has 0 unspecified atom stereocenters. The summed E-state index contributed by atoms with van der Waals surface area (Å²) in [5.74, 6) is 2.55. The predicted molar refractivity (Wildman–Crippen MR) is 75.7 cm³/mol. The van der Waals surface area contributed by atoms with Crippen LogP contribution in [0.2, 0.25) is 0 Å². The van der Waals surface area contributed by atoms with Crippen LogP contribution in [0.3, 0.4) is 0 Å². The molecule has 0 aliphatic heterocycles. The Labute approximate surface area is 108 Å². The zero-order valence-electron chi connectivity index (χ0n) is 10.7. The zero-order chi connectivity index (χ0) is 13.4. The molecule has 0 spiro atoms. The number of benzene rings is 2. The quantitative estimate of drug-likeness (QED) is 0.544. The van der Waals surface area contributed by atoms with Crippen LogP contribution in [-0.4, -0.2) is 6.29 Å². The van der Waals surface area contributed by atoms with E-state index in [2.05, 4.69) is 5.92 Å². The van der Waals surface area contributed by atoms with Gasteiger partial charge in [0.1, 0.15) is 6.29 Å². The van der Waals surface area contributed by atoms with Crippen LogP contribution in [0.5, 0.6) is 0 Å². The highest BCUT2D eigenvalue weighted by molar-refractivity contribution is 5.74. The first-order valence-corrected chi connectivity index (χ1v) is 5.71. The standard InChI is InChI=1S/C9H8.C8H8O/c1-3-9-6-4-8(2)5-7-9;1-7-2-4-8(6-9)5-3-7/h1,4-7H,2H3;2-6H,1H3. The molecule has 0 saturated heterocycles. The number of hydrogen-bond donors (Lipinski definition) is 0. The lowest BCUT2D eigenvalue weighted by Crippen LogP contribution is -1.77. The first-order chi connectivity index (χ1) is 8.65. The van der Waals surface area contributed by atoms with Crippen LogP contribution in [0.4, 0.5) is 0 Å². The second kappa shape index (κ2) is 7.09. The van der Waals surface area contributed by atoms with Crippen molar-refractivity contribution in [3.8, 4) is 12.3 Å². The number of aryl methyl sites for hydroxylation is 2. The lowest BCUT2D eigenvalue weighted by molar-refractivity contribution is 0.112. The summed E-state index contributed by atoms with van der Waals surface area (Å²) in [4.78, 5) is 10.1. The van der Waals surface area contributed by atoms with E-state index in [1.807, 2.05) is 62.4 Å². The fraction of sp³-hybridized carbons (Fsp3) is 0.118. The molecule has 2 rings (SSSR count). The largest absolute Gasteiger partial charge is 0.298 e. The summed E-state index contributed by atoms with van der Waals surface area (Å²) in [6, 6.07) is 15.4. The van der Waals surface area contributed by atoms with Gasteiger partial charge in [0.15, 0.2) is 0 Å². The Bertz CT molecular complexity index is 527. The van der Waals surface area contributed by atoms with E-state index in [4.69, 9.17) is 6.42 Å². The van der Waals surface area contributed by atoms with E-state index in [1.165, 1.54) is 11.1 Å². The van der Waals surface area contributed by atoms with Crippen LogP contribution in [0.15, 0.2) is 48.5 Å². The van der Waals surface area contributed by atoms with Crippen LogP contribution in [0.25, 0.3) is 0 Å². The van der Waals surface area contributed by atoms with Gasteiger partial charge in [0, 0.05) is 11.1 Å². The molecule has 90 valence electrons. The second-order valence-corrected chi connectivity index (χ2v) is 4.04. The van der Waals surface area contributed by atoms with Crippen molar-refractivity contribution >= 4 is 6.29 Å². The summed E-state index contributed by atoms with van der Waals surface area (Å²) in [5.41, 5.74) is 4.11. The third-order valence-electron chi connectivity index (χ3n) is 2.43. The average Bonchev–Trinajstić information content (AvgIpc) is 2.41. The number of terminal acetylenes is 1. The summed E-state index contributed by atoms with van der Waals surface area (Å²) in [6.45, 7) is 4.04. The zero-order valence-corrected chi connectivity index (χ0v) is 10.7. The first kappa shape index (κ1) is 13.7. The maximum absolute atomic E-state index is 10.1. The van der Waals surface area contributed by atoms with E-state index in [-0.39, 0.29) is 0 Å². The minimum atomic E-state index is 0.737. The van der Waals surface area contributed by atoms with Crippen molar-refractivity contribution in [2.75, 3.05) is 0 Å². The maximum Gasteiger partial charge on any atom is 0.150 e. The fourth-order valence-electron chi connectivity index (χ4n) is 1.29. The Balaban J connectivity index is 0.000000180. The molecule has 1 heteroatoms. The lowest BCUT2D eigenvalue weighted by Gasteiger charge is -1.89. The van der Waals surface area contributed by atoms with Gasteiger partial charge in [0.2, 0.25) is 0 Å². The molecule has 2 aromatic rings. The highest BCUT2D eigenvalue weighted by Crippen LogP contribution is 2.00. The maximum atomic E-state index is 10.1. The Morgan fingerprint density at radius 3 is 1.72 bits per heavy atom. The second-order valence-electron chi connectivity index (χ2n) is 4.04. The van der Waals surface area contributed by atoms with Gasteiger partial charge in [-0.15, -0.1) is 6.42 Å². The fourth-order valence-corrected chi connectivity index (χ4v) is 1.29. The van der Waals surface area contributed by atoms with Crippen molar-refractivity contribution < 1.29 is 4.79 Å². The van der Waals surface area contributed by atoms with E-state index in [1.54, 1.807) is 0 Å². The summed E-state index contributed by atoms with van der Waals surface area (Å²) >= 11 is 0. The molecule has 0 N–H and O–H groups in total. The highest BCUT2D eigenvalue weighted by Gasteiger charge is 1.85. The molecule has 1 nitrogen and oxygen atoms in total. The van der Waals surface area contributed by atoms with E-state index in [0.29, 0.717) is 0 Å². The number of carbonyl (C=O) groups is 1. The molecule has 18 heavy (non-hydrogen) atoms. The lowest BCUT2D eigenvalue weighted by atomic mass is 10.2. The molecule has 0 bridgehead atoms. The van der Waals surface area contributed by atoms with Gasteiger partial charge in [-0.3, -0.25) is 4.79 Å². The van der Waals surface area contributed by atoms with Gasteiger partial charge in [-0.2, -0.15) is 0 Å². The molecule has 0 aromatic heterocycles. The molecular weight excluding hydrogens is 220 g/mol. The monoisotopic (exact) mass is 236 g/mol. The smallest absolute Gasteiger partial charge is 0.150 e. The first-order valence-electron chi connectivity index (χ1n) is 5.71. The Hall–Kier alpha value is -2.33. The average molecular weight is 236 g/mol. The molecule has 0 saturated carbocycles. The van der Waals surface area contributed by atoms with Crippen molar-refractivity contribution in [3.05, 3.63) is 70.8 Å². The minimum absolute atomic E-state index is 0.737. The van der Waals surface area contributed by atoms with E-state index >= 15 is 0 Å². The highest BCUT2D eigenvalue weighted by atomic mass is 16.1. The number of rotatable bonds is 1. The Morgan fingerprint density at radius 2 is 1.33 bits per heavy atom. The Morgan fingerprint density at radius 1 is 0.889 bits per heavy atom. The van der Waals surface area contributed by atoms with Gasteiger partial charge in [-0.25, -0.2) is 0 Å². The molecule has 0 radical (unpaired) electrons. The van der Waals surface area contributed by atoms with Crippen molar-refractivity contribution in [1.29, 1.82) is 0 Å². The van der Waals surface area contributed by atoms with Gasteiger partial charge in [-0.1, -0.05) is 53.4 Å². The predicted octanol–water partition coefficient (Wildman–Crippen LogP) is 3.78. The molecular formula is C17H16O. The van der Waals surface area contributed by atoms with E-state index < -0.39 is 0 Å². The molecule has 0 heterocycles. The molecule has 2 aromatic carbocycles. The van der Waals surface area contributed by atoms with Gasteiger partial charge in [0.25, 0.3) is 0 Å². The molecule has 0 fully saturated rings. The molecule has 0 atom stereocenters. The molecule has 0 aliphatic carbocycles. The van der Waals surface area contributed by atoms with Gasteiger partial charge in [0.05, 0.1) is 0 Å². The van der Waals surface area contributed by atoms with Gasteiger partial charge >= 0.3 is 0 Å². The van der Waals surface area contributed by atoms with Gasteiger partial charge in [-0.05, 0) is 26.0 Å². The molecule has 0 aliphatic rings. The topological polar surface area (TPSA) is 17.1 Å². The van der Waals surface area contributed by atoms with E-state index in [0.717, 1.165) is 17.4 Å². The SMILES string of the molecule is C#Cc1ccc(C)cc1.Cc1ccc(C=O)cc1. The van der Waals surface area contributed by atoms with Crippen LogP contribution in [0, 0.1) is 26.2 Å².